The van der Waals surface area contributed by atoms with Gasteiger partial charge in [0.2, 0.25) is 10.0 Å². The number of rotatable bonds is 3. The maximum absolute atomic E-state index is 13.9. The van der Waals surface area contributed by atoms with Crippen molar-refractivity contribution in [2.45, 2.75) is 30.2 Å². The molecule has 5 nitrogen and oxygen atoms in total. The number of Topliss-reactive ketones (excluding diaryl/α,β-unsaturated/α-hetero) is 1. The van der Waals surface area contributed by atoms with Crippen molar-refractivity contribution in [3.8, 4) is 0 Å². The largest absolute Gasteiger partial charge is 0.378 e. The SMILES string of the molecule is O=C1CCC[C@@H]1[C@H]1COCCN1S(=O)(=O)c1ccccc1F. The molecule has 120 valence electrons. The van der Waals surface area contributed by atoms with E-state index in [4.69, 9.17) is 4.74 Å². The van der Waals surface area contributed by atoms with E-state index in [9.17, 15) is 17.6 Å². The molecule has 1 aromatic rings. The maximum Gasteiger partial charge on any atom is 0.246 e. The minimum absolute atomic E-state index is 0.0734. The van der Waals surface area contributed by atoms with Gasteiger partial charge in [0.25, 0.3) is 0 Å². The number of sulfonamides is 1. The van der Waals surface area contributed by atoms with E-state index in [0.717, 1.165) is 12.5 Å². The molecule has 1 aliphatic carbocycles. The number of hydrogen-bond acceptors (Lipinski definition) is 4. The minimum atomic E-state index is -3.98. The summed E-state index contributed by atoms with van der Waals surface area (Å²) in [5.74, 6) is -1.04. The molecule has 0 spiro atoms. The first-order valence-corrected chi connectivity index (χ1v) is 8.82. The topological polar surface area (TPSA) is 63.7 Å². The summed E-state index contributed by atoms with van der Waals surface area (Å²) in [6.07, 6.45) is 1.92. The molecule has 1 aromatic carbocycles. The van der Waals surface area contributed by atoms with Gasteiger partial charge in [0.05, 0.1) is 19.3 Å². The summed E-state index contributed by atoms with van der Waals surface area (Å²) in [7, 11) is -3.98. The lowest BCUT2D eigenvalue weighted by Gasteiger charge is -2.37. The second kappa shape index (κ2) is 6.06. The van der Waals surface area contributed by atoms with Crippen LogP contribution in [0.1, 0.15) is 19.3 Å². The molecule has 0 N–H and O–H groups in total. The van der Waals surface area contributed by atoms with E-state index in [0.29, 0.717) is 12.8 Å². The van der Waals surface area contributed by atoms with Gasteiger partial charge in [0.15, 0.2) is 0 Å². The number of carbonyl (C=O) groups is 1. The Morgan fingerprint density at radius 2 is 2.05 bits per heavy atom. The van der Waals surface area contributed by atoms with Gasteiger partial charge >= 0.3 is 0 Å². The summed E-state index contributed by atoms with van der Waals surface area (Å²) in [5, 5.41) is 0. The van der Waals surface area contributed by atoms with E-state index in [1.807, 2.05) is 0 Å². The highest BCUT2D eigenvalue weighted by atomic mass is 32.2. The molecule has 0 amide bonds. The van der Waals surface area contributed by atoms with Crippen LogP contribution >= 0.6 is 0 Å². The van der Waals surface area contributed by atoms with Crippen LogP contribution in [0, 0.1) is 11.7 Å². The van der Waals surface area contributed by atoms with E-state index >= 15 is 0 Å². The fraction of sp³-hybridized carbons (Fsp3) is 0.533. The summed E-state index contributed by atoms with van der Waals surface area (Å²) in [5.41, 5.74) is 0. The Labute approximate surface area is 129 Å². The first-order chi connectivity index (χ1) is 10.5. The molecule has 1 saturated heterocycles. The van der Waals surface area contributed by atoms with Crippen LogP contribution in [0.25, 0.3) is 0 Å². The van der Waals surface area contributed by atoms with Crippen LogP contribution in [-0.2, 0) is 19.6 Å². The van der Waals surface area contributed by atoms with Gasteiger partial charge in [-0.2, -0.15) is 4.31 Å². The molecule has 0 radical (unpaired) electrons. The van der Waals surface area contributed by atoms with E-state index in [-0.39, 0.29) is 36.4 Å². The van der Waals surface area contributed by atoms with Gasteiger partial charge in [0.1, 0.15) is 16.5 Å². The van der Waals surface area contributed by atoms with Crippen molar-refractivity contribution in [3.63, 3.8) is 0 Å². The highest BCUT2D eigenvalue weighted by molar-refractivity contribution is 7.89. The van der Waals surface area contributed by atoms with Crippen molar-refractivity contribution in [2.24, 2.45) is 5.92 Å². The molecule has 3 rings (SSSR count). The molecule has 0 aromatic heterocycles. The number of morpholine rings is 1. The standard InChI is InChI=1S/C15H18FNO4S/c16-12-5-1-2-7-15(12)22(19,20)17-8-9-21-10-13(17)11-4-3-6-14(11)18/h1-2,5,7,11,13H,3-4,6,8-10H2/t11-,13-/m1/s1. The van der Waals surface area contributed by atoms with Crippen molar-refractivity contribution >= 4 is 15.8 Å². The molecule has 0 unspecified atom stereocenters. The second-order valence-corrected chi connectivity index (χ2v) is 7.51. The van der Waals surface area contributed by atoms with Crippen LogP contribution in [0.4, 0.5) is 4.39 Å². The van der Waals surface area contributed by atoms with E-state index < -0.39 is 21.9 Å². The zero-order valence-electron chi connectivity index (χ0n) is 12.1. The fourth-order valence-corrected chi connectivity index (χ4v) is 4.95. The Kier molecular flexibility index (Phi) is 4.29. The quantitative estimate of drug-likeness (QED) is 0.846. The molecular weight excluding hydrogens is 309 g/mol. The Hall–Kier alpha value is -1.31. The molecule has 7 heteroatoms. The lowest BCUT2D eigenvalue weighted by molar-refractivity contribution is -0.123. The number of halogens is 1. The lowest BCUT2D eigenvalue weighted by atomic mass is 9.97. The monoisotopic (exact) mass is 327 g/mol. The van der Waals surface area contributed by atoms with Gasteiger partial charge in [-0.05, 0) is 25.0 Å². The predicted octanol–water partition coefficient (Wildman–Crippen LogP) is 1.58. The molecule has 2 aliphatic rings. The van der Waals surface area contributed by atoms with Gasteiger partial charge in [-0.25, -0.2) is 12.8 Å². The summed E-state index contributed by atoms with van der Waals surface area (Å²) >= 11 is 0. The fourth-order valence-electron chi connectivity index (χ4n) is 3.25. The van der Waals surface area contributed by atoms with Gasteiger partial charge in [-0.1, -0.05) is 12.1 Å². The number of carbonyl (C=O) groups excluding carboxylic acids is 1. The normalized spacial score (nSPS) is 27.2. The Balaban J connectivity index is 1.96. The van der Waals surface area contributed by atoms with E-state index in [1.165, 1.54) is 22.5 Å². The van der Waals surface area contributed by atoms with E-state index in [2.05, 4.69) is 0 Å². The van der Waals surface area contributed by atoms with Crippen LogP contribution in [0.15, 0.2) is 29.2 Å². The number of benzene rings is 1. The van der Waals surface area contributed by atoms with Crippen molar-refractivity contribution in [3.05, 3.63) is 30.1 Å². The molecule has 2 atom stereocenters. The number of ether oxygens (including phenoxy) is 1. The summed E-state index contributed by atoms with van der Waals surface area (Å²) in [4.78, 5) is 11.7. The molecule has 1 aliphatic heterocycles. The molecule has 1 heterocycles. The minimum Gasteiger partial charge on any atom is -0.378 e. The zero-order valence-corrected chi connectivity index (χ0v) is 12.9. The van der Waals surface area contributed by atoms with Gasteiger partial charge in [-0.15, -0.1) is 0 Å². The van der Waals surface area contributed by atoms with Crippen molar-refractivity contribution in [2.75, 3.05) is 19.8 Å². The van der Waals surface area contributed by atoms with Crippen LogP contribution in [0.3, 0.4) is 0 Å². The number of nitrogens with zero attached hydrogens (tertiary/aromatic N) is 1. The Morgan fingerprint density at radius 1 is 1.27 bits per heavy atom. The third-order valence-electron chi connectivity index (χ3n) is 4.35. The summed E-state index contributed by atoms with van der Waals surface area (Å²) < 4.78 is 46.2. The maximum atomic E-state index is 13.9. The third kappa shape index (κ3) is 2.68. The second-order valence-electron chi connectivity index (χ2n) is 5.65. The van der Waals surface area contributed by atoms with Crippen LogP contribution in [0.2, 0.25) is 0 Å². The van der Waals surface area contributed by atoms with Gasteiger partial charge < -0.3 is 4.74 Å². The molecular formula is C15H18FNO4S. The van der Waals surface area contributed by atoms with E-state index in [1.54, 1.807) is 0 Å². The predicted molar refractivity (Wildman–Crippen MR) is 77.2 cm³/mol. The van der Waals surface area contributed by atoms with Crippen molar-refractivity contribution in [1.29, 1.82) is 0 Å². The molecule has 1 saturated carbocycles. The average Bonchev–Trinajstić information content (AvgIpc) is 2.93. The molecule has 22 heavy (non-hydrogen) atoms. The third-order valence-corrected chi connectivity index (χ3v) is 6.31. The van der Waals surface area contributed by atoms with Crippen LogP contribution in [0.5, 0.6) is 0 Å². The smallest absolute Gasteiger partial charge is 0.246 e. The van der Waals surface area contributed by atoms with Gasteiger partial charge in [0, 0.05) is 18.9 Å². The number of ketones is 1. The molecule has 0 bridgehead atoms. The molecule has 2 fully saturated rings. The highest BCUT2D eigenvalue weighted by Gasteiger charge is 2.43. The first-order valence-electron chi connectivity index (χ1n) is 7.38. The lowest BCUT2D eigenvalue weighted by Crippen LogP contribution is -2.53. The summed E-state index contributed by atoms with van der Waals surface area (Å²) in [6.45, 7) is 0.584. The number of hydrogen-bond donors (Lipinski definition) is 0. The summed E-state index contributed by atoms with van der Waals surface area (Å²) in [6, 6.07) is 4.79. The van der Waals surface area contributed by atoms with Crippen molar-refractivity contribution in [1.82, 2.24) is 4.31 Å². The Morgan fingerprint density at radius 3 is 2.73 bits per heavy atom. The first kappa shape index (κ1) is 15.6. The van der Waals surface area contributed by atoms with Gasteiger partial charge in [-0.3, -0.25) is 4.79 Å². The van der Waals surface area contributed by atoms with Crippen LogP contribution < -0.4 is 0 Å². The average molecular weight is 327 g/mol. The van der Waals surface area contributed by atoms with Crippen molar-refractivity contribution < 1.29 is 22.3 Å². The zero-order chi connectivity index (χ0) is 15.7. The van der Waals surface area contributed by atoms with Crippen LogP contribution in [-0.4, -0.2) is 44.3 Å². The Bertz CT molecular complexity index is 676. The highest BCUT2D eigenvalue weighted by Crippen LogP contribution is 2.32.